The monoisotopic (exact) mass is 967 g/mol. The van der Waals surface area contributed by atoms with Crippen molar-refractivity contribution in [1.29, 1.82) is 0 Å². The van der Waals surface area contributed by atoms with Crippen LogP contribution < -0.4 is 0 Å². The van der Waals surface area contributed by atoms with Gasteiger partial charge in [-0.3, -0.25) is 0 Å². The van der Waals surface area contributed by atoms with Gasteiger partial charge in [-0.2, -0.15) is 0 Å². The lowest BCUT2D eigenvalue weighted by Gasteiger charge is -2.17. The fourth-order valence-electron chi connectivity index (χ4n) is 12.3. The van der Waals surface area contributed by atoms with E-state index in [0.717, 1.165) is 17.1 Å². The molecule has 0 radical (unpaired) electrons. The molecule has 356 valence electrons. The summed E-state index contributed by atoms with van der Waals surface area (Å²) in [6.45, 7) is 2.27. The van der Waals surface area contributed by atoms with Crippen molar-refractivity contribution in [1.82, 2.24) is 13.7 Å². The molecule has 0 atom stereocenters. The molecule has 0 spiro atoms. The van der Waals surface area contributed by atoms with Gasteiger partial charge in [0, 0.05) is 49.4 Å². The van der Waals surface area contributed by atoms with Gasteiger partial charge in [0.05, 0.1) is 33.1 Å². The van der Waals surface area contributed by atoms with Gasteiger partial charge in [0.2, 0.25) is 0 Å². The van der Waals surface area contributed by atoms with Gasteiger partial charge in [-0.15, -0.1) is 0 Å². The van der Waals surface area contributed by atoms with Crippen LogP contribution in [-0.4, -0.2) is 13.7 Å². The molecule has 0 aliphatic rings. The third-order valence-electron chi connectivity index (χ3n) is 15.8. The summed E-state index contributed by atoms with van der Waals surface area (Å²) >= 11 is 0. The average molecular weight is 968 g/mol. The molecule has 0 saturated heterocycles. The van der Waals surface area contributed by atoms with Gasteiger partial charge in [-0.1, -0.05) is 194 Å². The normalized spacial score (nSPS) is 11.8. The van der Waals surface area contributed by atoms with E-state index < -0.39 is 0 Å². The minimum Gasteiger partial charge on any atom is -0.309 e. The predicted molar refractivity (Wildman–Crippen MR) is 321 cm³/mol. The quantitative estimate of drug-likeness (QED) is 0.144. The minimum atomic E-state index is 1.13. The van der Waals surface area contributed by atoms with Gasteiger partial charge in [0.15, 0.2) is 0 Å². The van der Waals surface area contributed by atoms with Crippen molar-refractivity contribution >= 4 is 65.4 Å². The summed E-state index contributed by atoms with van der Waals surface area (Å²) in [6.07, 6.45) is 0. The van der Waals surface area contributed by atoms with Gasteiger partial charge in [0.1, 0.15) is 0 Å². The van der Waals surface area contributed by atoms with Gasteiger partial charge < -0.3 is 13.7 Å². The van der Waals surface area contributed by atoms with Crippen LogP contribution in [0.15, 0.2) is 279 Å². The van der Waals surface area contributed by atoms with E-state index in [4.69, 9.17) is 0 Å². The molecule has 3 heteroatoms. The van der Waals surface area contributed by atoms with E-state index in [1.54, 1.807) is 0 Å². The second-order valence-corrected chi connectivity index (χ2v) is 20.1. The van der Waals surface area contributed by atoms with Crippen molar-refractivity contribution in [2.24, 2.45) is 0 Å². The molecule has 0 aliphatic carbocycles. The zero-order valence-corrected chi connectivity index (χ0v) is 41.9. The van der Waals surface area contributed by atoms with Crippen molar-refractivity contribution < 1.29 is 0 Å². The summed E-state index contributed by atoms with van der Waals surface area (Å²) in [4.78, 5) is 0. The van der Waals surface area contributed by atoms with Crippen LogP contribution in [0.3, 0.4) is 0 Å². The fourth-order valence-corrected chi connectivity index (χ4v) is 12.3. The van der Waals surface area contributed by atoms with Gasteiger partial charge in [0.25, 0.3) is 0 Å². The first-order valence-electron chi connectivity index (χ1n) is 26.2. The Balaban J connectivity index is 0.911. The number of nitrogens with zero attached hydrogens (tertiary/aromatic N) is 3. The summed E-state index contributed by atoms with van der Waals surface area (Å²) in [5, 5.41) is 7.31. The highest BCUT2D eigenvalue weighted by Crippen LogP contribution is 2.43. The summed E-state index contributed by atoms with van der Waals surface area (Å²) < 4.78 is 7.42. The Morgan fingerprint density at radius 2 is 0.566 bits per heavy atom. The molecule has 0 N–H and O–H groups in total. The van der Waals surface area contributed by atoms with Gasteiger partial charge >= 0.3 is 0 Å². The molecule has 0 bridgehead atoms. The molecule has 15 aromatic rings. The van der Waals surface area contributed by atoms with Crippen LogP contribution in [0.25, 0.3) is 138 Å². The molecular weight excluding hydrogens is 919 g/mol. The maximum absolute atomic E-state index is 2.50. The molecule has 3 heterocycles. The van der Waals surface area contributed by atoms with Crippen LogP contribution in [0.1, 0.15) is 5.56 Å². The van der Waals surface area contributed by atoms with Crippen molar-refractivity contribution in [2.45, 2.75) is 6.92 Å². The average Bonchev–Trinajstić information content (AvgIpc) is 4.14. The summed E-state index contributed by atoms with van der Waals surface area (Å²) in [6, 6.07) is 103. The minimum absolute atomic E-state index is 1.13. The first kappa shape index (κ1) is 43.6. The largest absolute Gasteiger partial charge is 0.309 e. The zero-order chi connectivity index (χ0) is 50.3. The predicted octanol–water partition coefficient (Wildman–Crippen LogP) is 19.6. The molecule has 0 amide bonds. The molecule has 0 aliphatic heterocycles. The molecule has 3 aromatic heterocycles. The molecule has 15 rings (SSSR count). The number of hydrogen-bond donors (Lipinski definition) is 0. The van der Waals surface area contributed by atoms with Crippen molar-refractivity contribution in [3.63, 3.8) is 0 Å². The maximum Gasteiger partial charge on any atom is 0.0548 e. The van der Waals surface area contributed by atoms with E-state index in [9.17, 15) is 0 Å². The molecule has 0 saturated carbocycles. The lowest BCUT2D eigenvalue weighted by Crippen LogP contribution is -1.97. The molecule has 12 aromatic carbocycles. The number of benzene rings is 12. The maximum atomic E-state index is 2.50. The van der Waals surface area contributed by atoms with Crippen molar-refractivity contribution in [3.8, 4) is 72.7 Å². The van der Waals surface area contributed by atoms with Gasteiger partial charge in [-0.05, 0) is 153 Å². The van der Waals surface area contributed by atoms with Crippen LogP contribution in [0.4, 0.5) is 0 Å². The van der Waals surface area contributed by atoms with E-state index in [-0.39, 0.29) is 0 Å². The van der Waals surface area contributed by atoms with Crippen LogP contribution >= 0.6 is 0 Å². The van der Waals surface area contributed by atoms with Crippen LogP contribution in [0, 0.1) is 6.92 Å². The highest BCUT2D eigenvalue weighted by molar-refractivity contribution is 6.19. The number of fused-ring (bicyclic) bond motifs is 9. The Bertz CT molecular complexity index is 4750. The molecular formula is C73H49N3. The SMILES string of the molecule is Cc1c(-c2ccccc2)cccc1-c1cc(-c2ccccc2)cc(-n2c3ccccc3c3cc4c(cc32)c2ccccc2n4-c2ccc3c(c2)c2ccccc2n3-c2cccc(-c3cccc(-c4ccccc4)c3)c2)c1. The Hall–Kier alpha value is -9.96. The standard InChI is InChI=1S/C73H49N3/c1-48-60(51-24-9-4-10-25-51)33-19-34-61(48)56-41-55(50-22-7-3-8-23-50)43-59(44-56)76-70-37-16-13-32-64(70)67-46-72-66(47-73(67)76)63-31-12-15-36-69(63)75(72)58-38-39-71-65(45-58)62-30-11-14-35-68(62)74(71)57-29-18-28-54(42-57)53-27-17-26-52(40-53)49-20-5-2-6-21-49/h2-47H,1H3. The molecule has 76 heavy (non-hydrogen) atoms. The van der Waals surface area contributed by atoms with E-state index in [0.29, 0.717) is 0 Å². The van der Waals surface area contributed by atoms with Crippen molar-refractivity contribution in [2.75, 3.05) is 0 Å². The zero-order valence-electron chi connectivity index (χ0n) is 41.9. The Morgan fingerprint density at radius 3 is 1.17 bits per heavy atom. The second kappa shape index (κ2) is 17.6. The molecule has 0 unspecified atom stereocenters. The highest BCUT2D eigenvalue weighted by atomic mass is 15.0. The van der Waals surface area contributed by atoms with Crippen LogP contribution in [0.2, 0.25) is 0 Å². The number of para-hydroxylation sites is 3. The topological polar surface area (TPSA) is 14.8 Å². The Labute approximate surface area is 441 Å². The molecule has 3 nitrogen and oxygen atoms in total. The number of aromatic nitrogens is 3. The van der Waals surface area contributed by atoms with Gasteiger partial charge in [-0.25, -0.2) is 0 Å². The Morgan fingerprint density at radius 1 is 0.197 bits per heavy atom. The molecule has 0 fully saturated rings. The Kier molecular flexibility index (Phi) is 10.1. The lowest BCUT2D eigenvalue weighted by molar-refractivity contribution is 1.16. The highest BCUT2D eigenvalue weighted by Gasteiger charge is 2.22. The van der Waals surface area contributed by atoms with E-state index in [1.165, 1.54) is 127 Å². The lowest BCUT2D eigenvalue weighted by atomic mass is 9.91. The number of rotatable bonds is 8. The third-order valence-corrected chi connectivity index (χ3v) is 15.8. The second-order valence-electron chi connectivity index (χ2n) is 20.1. The van der Waals surface area contributed by atoms with Crippen LogP contribution in [-0.2, 0) is 0 Å². The van der Waals surface area contributed by atoms with E-state index in [2.05, 4.69) is 300 Å². The summed E-state index contributed by atoms with van der Waals surface area (Å²) in [5.41, 5.74) is 23.8. The fraction of sp³-hybridized carbons (Fsp3) is 0.0137. The summed E-state index contributed by atoms with van der Waals surface area (Å²) in [7, 11) is 0. The van der Waals surface area contributed by atoms with Crippen LogP contribution in [0.5, 0.6) is 0 Å². The first-order chi connectivity index (χ1) is 37.6. The van der Waals surface area contributed by atoms with E-state index >= 15 is 0 Å². The third kappa shape index (κ3) is 7.05. The van der Waals surface area contributed by atoms with E-state index in [1.807, 2.05) is 0 Å². The first-order valence-corrected chi connectivity index (χ1v) is 26.2. The van der Waals surface area contributed by atoms with Crippen molar-refractivity contribution in [3.05, 3.63) is 285 Å². The summed E-state index contributed by atoms with van der Waals surface area (Å²) in [5.74, 6) is 0. The number of hydrogen-bond acceptors (Lipinski definition) is 0. The smallest absolute Gasteiger partial charge is 0.0548 e.